The van der Waals surface area contributed by atoms with E-state index >= 15 is 0 Å². The summed E-state index contributed by atoms with van der Waals surface area (Å²) in [6, 6.07) is 2.62. The Morgan fingerprint density at radius 3 is 3.23 bits per heavy atom. The van der Waals surface area contributed by atoms with E-state index in [0.717, 1.165) is 13.0 Å². The second-order valence-electron chi connectivity index (χ2n) is 5.70. The van der Waals surface area contributed by atoms with Crippen molar-refractivity contribution in [2.45, 2.75) is 25.4 Å². The molecule has 1 aliphatic heterocycles. The monoisotopic (exact) mass is 315 g/mol. The third kappa shape index (κ3) is 2.26. The van der Waals surface area contributed by atoms with Gasteiger partial charge in [-0.3, -0.25) is 14.4 Å². The predicted octanol–water partition coefficient (Wildman–Crippen LogP) is 2.06. The lowest BCUT2D eigenvalue weighted by Crippen LogP contribution is -2.25. The summed E-state index contributed by atoms with van der Waals surface area (Å²) >= 11 is 1.73. The fourth-order valence-corrected chi connectivity index (χ4v) is 3.91. The molecule has 6 nitrogen and oxygen atoms in total. The fourth-order valence-electron chi connectivity index (χ4n) is 3.20. The number of nitrogens with one attached hydrogen (secondary N) is 1. The zero-order valence-corrected chi connectivity index (χ0v) is 13.1. The van der Waals surface area contributed by atoms with Crippen LogP contribution in [-0.4, -0.2) is 31.2 Å². The number of hydrogen-bond donors (Lipinski definition) is 1. The molecule has 1 fully saturated rings. The van der Waals surface area contributed by atoms with Gasteiger partial charge in [-0.25, -0.2) is 4.98 Å². The molecule has 0 spiro atoms. The van der Waals surface area contributed by atoms with Crippen molar-refractivity contribution < 1.29 is 0 Å². The quantitative estimate of drug-likeness (QED) is 0.803. The highest BCUT2D eigenvalue weighted by Gasteiger charge is 2.27. The maximum Gasteiger partial charge on any atom is 0.262 e. The third-order valence-electron chi connectivity index (χ3n) is 4.30. The number of aryl methyl sites for hydroxylation is 1. The topological polar surface area (TPSA) is 66.8 Å². The molecule has 4 heterocycles. The van der Waals surface area contributed by atoms with Gasteiger partial charge in [-0.15, -0.1) is 0 Å². The van der Waals surface area contributed by atoms with Crippen molar-refractivity contribution in [1.82, 2.24) is 24.6 Å². The Balaban J connectivity index is 1.65. The van der Waals surface area contributed by atoms with Crippen LogP contribution in [0.1, 0.15) is 30.3 Å². The second kappa shape index (κ2) is 5.33. The second-order valence-corrected chi connectivity index (χ2v) is 6.48. The number of rotatable bonds is 3. The first-order valence-electron chi connectivity index (χ1n) is 7.39. The first kappa shape index (κ1) is 13.7. The van der Waals surface area contributed by atoms with Gasteiger partial charge in [0.05, 0.1) is 12.7 Å². The molecule has 0 aromatic carbocycles. The molecule has 0 amide bonds. The van der Waals surface area contributed by atoms with Crippen LogP contribution in [0.3, 0.4) is 0 Å². The van der Waals surface area contributed by atoms with Gasteiger partial charge in [0.15, 0.2) is 5.65 Å². The Labute approximate surface area is 131 Å². The molecule has 114 valence electrons. The highest BCUT2D eigenvalue weighted by Crippen LogP contribution is 2.33. The van der Waals surface area contributed by atoms with E-state index in [4.69, 9.17) is 0 Å². The van der Waals surface area contributed by atoms with E-state index < -0.39 is 0 Å². The number of hydrogen-bond acceptors (Lipinski definition) is 5. The molecule has 7 heteroatoms. The van der Waals surface area contributed by atoms with Crippen molar-refractivity contribution in [3.8, 4) is 0 Å². The SMILES string of the molecule is Cn1ncc2c(=O)[nH]c(CN3CCCC3c3ccsc3)nc21. The van der Waals surface area contributed by atoms with Gasteiger partial charge in [0.2, 0.25) is 0 Å². The summed E-state index contributed by atoms with van der Waals surface area (Å²) in [5, 5.41) is 8.98. The fraction of sp³-hybridized carbons (Fsp3) is 0.400. The van der Waals surface area contributed by atoms with Gasteiger partial charge in [-0.2, -0.15) is 16.4 Å². The summed E-state index contributed by atoms with van der Waals surface area (Å²) in [6.07, 6.45) is 3.91. The largest absolute Gasteiger partial charge is 0.309 e. The van der Waals surface area contributed by atoms with Crippen LogP contribution >= 0.6 is 11.3 Å². The van der Waals surface area contributed by atoms with Crippen LogP contribution in [-0.2, 0) is 13.6 Å². The van der Waals surface area contributed by atoms with Crippen molar-refractivity contribution in [3.05, 3.63) is 44.8 Å². The van der Waals surface area contributed by atoms with Crippen LogP contribution in [0.25, 0.3) is 11.0 Å². The molecule has 1 unspecified atom stereocenters. The molecule has 3 aromatic heterocycles. The van der Waals surface area contributed by atoms with Crippen LogP contribution in [0.2, 0.25) is 0 Å². The van der Waals surface area contributed by atoms with Crippen molar-refractivity contribution in [3.63, 3.8) is 0 Å². The molecule has 0 aliphatic carbocycles. The van der Waals surface area contributed by atoms with Crippen LogP contribution in [0.4, 0.5) is 0 Å². The van der Waals surface area contributed by atoms with Gasteiger partial charge in [0.25, 0.3) is 5.56 Å². The lowest BCUT2D eigenvalue weighted by Gasteiger charge is -2.23. The average molecular weight is 315 g/mol. The smallest absolute Gasteiger partial charge is 0.262 e. The molecule has 0 radical (unpaired) electrons. The zero-order chi connectivity index (χ0) is 15.1. The van der Waals surface area contributed by atoms with E-state index in [1.807, 2.05) is 7.05 Å². The summed E-state index contributed by atoms with van der Waals surface area (Å²) < 4.78 is 1.65. The molecule has 1 atom stereocenters. The van der Waals surface area contributed by atoms with E-state index in [1.54, 1.807) is 22.2 Å². The van der Waals surface area contributed by atoms with Crippen molar-refractivity contribution >= 4 is 22.4 Å². The molecular weight excluding hydrogens is 298 g/mol. The third-order valence-corrected chi connectivity index (χ3v) is 5.00. The van der Waals surface area contributed by atoms with Gasteiger partial charge in [-0.05, 0) is 41.8 Å². The van der Waals surface area contributed by atoms with Crippen molar-refractivity contribution in [1.29, 1.82) is 0 Å². The van der Waals surface area contributed by atoms with E-state index in [1.165, 1.54) is 12.0 Å². The molecule has 0 saturated carbocycles. The summed E-state index contributed by atoms with van der Waals surface area (Å²) in [7, 11) is 1.81. The lowest BCUT2D eigenvalue weighted by molar-refractivity contribution is 0.242. The number of thiophene rings is 1. The zero-order valence-electron chi connectivity index (χ0n) is 12.3. The number of aromatic amines is 1. The number of likely N-dealkylation sites (tertiary alicyclic amines) is 1. The molecule has 22 heavy (non-hydrogen) atoms. The normalized spacial score (nSPS) is 19.2. The Kier molecular flexibility index (Phi) is 3.31. The van der Waals surface area contributed by atoms with E-state index in [0.29, 0.717) is 29.4 Å². The Hall–Kier alpha value is -1.99. The van der Waals surface area contributed by atoms with E-state index in [2.05, 4.69) is 36.8 Å². The number of aromatic nitrogens is 4. The van der Waals surface area contributed by atoms with Crippen molar-refractivity contribution in [2.24, 2.45) is 7.05 Å². The Bertz CT molecular complexity index is 851. The minimum atomic E-state index is -0.112. The van der Waals surface area contributed by atoms with Crippen LogP contribution in [0.15, 0.2) is 27.8 Å². The first-order valence-corrected chi connectivity index (χ1v) is 8.34. The maximum absolute atomic E-state index is 12.1. The maximum atomic E-state index is 12.1. The van der Waals surface area contributed by atoms with Gasteiger partial charge >= 0.3 is 0 Å². The molecule has 3 aromatic rings. The van der Waals surface area contributed by atoms with Crippen molar-refractivity contribution in [2.75, 3.05) is 6.54 Å². The van der Waals surface area contributed by atoms with Crippen LogP contribution in [0.5, 0.6) is 0 Å². The minimum Gasteiger partial charge on any atom is -0.309 e. The summed E-state index contributed by atoms with van der Waals surface area (Å²) in [6.45, 7) is 1.70. The molecule has 1 saturated heterocycles. The summed E-state index contributed by atoms with van der Waals surface area (Å²) in [4.78, 5) is 22.0. The summed E-state index contributed by atoms with van der Waals surface area (Å²) in [5.74, 6) is 0.711. The van der Waals surface area contributed by atoms with Gasteiger partial charge < -0.3 is 4.98 Å². The van der Waals surface area contributed by atoms with E-state index in [-0.39, 0.29) is 5.56 Å². The number of fused-ring (bicyclic) bond motifs is 1. The number of nitrogens with zero attached hydrogens (tertiary/aromatic N) is 4. The highest BCUT2D eigenvalue weighted by atomic mass is 32.1. The Morgan fingerprint density at radius 2 is 2.41 bits per heavy atom. The van der Waals surface area contributed by atoms with Gasteiger partial charge in [0.1, 0.15) is 11.2 Å². The Morgan fingerprint density at radius 1 is 1.50 bits per heavy atom. The van der Waals surface area contributed by atoms with Gasteiger partial charge in [0, 0.05) is 13.1 Å². The minimum absolute atomic E-state index is 0.112. The van der Waals surface area contributed by atoms with Gasteiger partial charge in [-0.1, -0.05) is 0 Å². The molecule has 4 rings (SSSR count). The first-order chi connectivity index (χ1) is 10.7. The highest BCUT2D eigenvalue weighted by molar-refractivity contribution is 7.07. The van der Waals surface area contributed by atoms with E-state index in [9.17, 15) is 4.79 Å². The van der Waals surface area contributed by atoms with Crippen LogP contribution in [0, 0.1) is 0 Å². The molecular formula is C15H17N5OS. The van der Waals surface area contributed by atoms with Crippen LogP contribution < -0.4 is 5.56 Å². The lowest BCUT2D eigenvalue weighted by atomic mass is 10.1. The number of H-pyrrole nitrogens is 1. The molecule has 0 bridgehead atoms. The predicted molar refractivity (Wildman–Crippen MR) is 85.8 cm³/mol. The molecule has 1 aliphatic rings. The standard InChI is InChI=1S/C15H17N5OS/c1-19-14-11(7-16-19)15(21)18-13(17-14)8-20-5-2-3-12(20)10-4-6-22-9-10/h4,6-7,9,12H,2-3,5,8H2,1H3,(H,17,18,21). The molecule has 1 N–H and O–H groups in total. The summed E-state index contributed by atoms with van der Waals surface area (Å²) in [5.41, 5.74) is 1.90. The average Bonchev–Trinajstić information content (AvgIpc) is 3.20.